The fourth-order valence-electron chi connectivity index (χ4n) is 1.67. The molecule has 1 unspecified atom stereocenters. The van der Waals surface area contributed by atoms with Crippen LogP contribution in [0.1, 0.15) is 25.7 Å². The first kappa shape index (κ1) is 13.6. The van der Waals surface area contributed by atoms with Crippen LogP contribution in [0, 0.1) is 11.8 Å². The van der Waals surface area contributed by atoms with Crippen LogP contribution in [0.3, 0.4) is 0 Å². The van der Waals surface area contributed by atoms with E-state index < -0.39 is 24.3 Å². The van der Waals surface area contributed by atoms with Gasteiger partial charge in [0.1, 0.15) is 0 Å². The molecule has 1 fully saturated rings. The first-order valence-corrected chi connectivity index (χ1v) is 5.01. The molecule has 1 saturated carbocycles. The summed E-state index contributed by atoms with van der Waals surface area (Å²) in [5.74, 6) is -3.13. The fraction of sp³-hybridized carbons (Fsp3) is 1.00. The van der Waals surface area contributed by atoms with Crippen LogP contribution in [0.15, 0.2) is 0 Å². The lowest BCUT2D eigenvalue weighted by Gasteiger charge is -2.28. The predicted molar refractivity (Wildman–Crippen MR) is 45.5 cm³/mol. The van der Waals surface area contributed by atoms with Gasteiger partial charge >= 0.3 is 12.4 Å². The van der Waals surface area contributed by atoms with E-state index >= 15 is 0 Å². The smallest absolute Gasteiger partial charge is 0.327 e. The highest BCUT2D eigenvalue weighted by atomic mass is 19.4. The van der Waals surface area contributed by atoms with Gasteiger partial charge in [-0.25, -0.2) is 0 Å². The number of hydrogen-bond donors (Lipinski definition) is 1. The van der Waals surface area contributed by atoms with Crippen LogP contribution in [0.25, 0.3) is 0 Å². The van der Waals surface area contributed by atoms with E-state index in [0.29, 0.717) is 6.42 Å². The minimum absolute atomic E-state index is 0.228. The molecule has 16 heavy (non-hydrogen) atoms. The SMILES string of the molecule is NC(CCC1CC1)C(C(F)(F)F)C(F)(F)F. The highest BCUT2D eigenvalue weighted by Gasteiger charge is 2.59. The van der Waals surface area contributed by atoms with Crippen molar-refractivity contribution in [3.05, 3.63) is 0 Å². The van der Waals surface area contributed by atoms with Gasteiger partial charge in [-0.2, -0.15) is 26.3 Å². The molecular formula is C9H13F6N. The summed E-state index contributed by atoms with van der Waals surface area (Å²) < 4.78 is 73.2. The molecule has 0 amide bonds. The van der Waals surface area contributed by atoms with Crippen molar-refractivity contribution in [3.63, 3.8) is 0 Å². The lowest BCUT2D eigenvalue weighted by molar-refractivity contribution is -0.289. The van der Waals surface area contributed by atoms with Gasteiger partial charge in [0.15, 0.2) is 5.92 Å². The maximum Gasteiger partial charge on any atom is 0.401 e. The van der Waals surface area contributed by atoms with E-state index in [1.54, 1.807) is 0 Å². The van der Waals surface area contributed by atoms with Crippen molar-refractivity contribution >= 4 is 0 Å². The van der Waals surface area contributed by atoms with Crippen molar-refractivity contribution in [1.82, 2.24) is 0 Å². The second kappa shape index (κ2) is 4.43. The largest absolute Gasteiger partial charge is 0.401 e. The summed E-state index contributed by atoms with van der Waals surface area (Å²) in [6, 6.07) is -1.89. The maximum absolute atomic E-state index is 12.2. The van der Waals surface area contributed by atoms with Crippen LogP contribution in [0.2, 0.25) is 0 Å². The molecule has 1 aliphatic rings. The van der Waals surface area contributed by atoms with Gasteiger partial charge in [-0.05, 0) is 18.8 Å². The highest BCUT2D eigenvalue weighted by molar-refractivity contribution is 4.86. The Balaban J connectivity index is 2.59. The summed E-state index contributed by atoms with van der Waals surface area (Å²) >= 11 is 0. The van der Waals surface area contributed by atoms with E-state index in [-0.39, 0.29) is 12.3 Å². The van der Waals surface area contributed by atoms with E-state index in [9.17, 15) is 26.3 Å². The average Bonchev–Trinajstić information content (AvgIpc) is 2.76. The monoisotopic (exact) mass is 249 g/mol. The number of rotatable bonds is 4. The van der Waals surface area contributed by atoms with Gasteiger partial charge < -0.3 is 5.73 Å². The lowest BCUT2D eigenvalue weighted by atomic mass is 9.94. The van der Waals surface area contributed by atoms with E-state index in [2.05, 4.69) is 0 Å². The zero-order chi connectivity index (χ0) is 12.6. The van der Waals surface area contributed by atoms with Gasteiger partial charge in [0.25, 0.3) is 0 Å². The molecule has 1 atom stereocenters. The molecule has 1 nitrogen and oxygen atoms in total. The molecule has 0 aromatic carbocycles. The zero-order valence-electron chi connectivity index (χ0n) is 8.41. The Hall–Kier alpha value is -0.460. The third-order valence-electron chi connectivity index (χ3n) is 2.74. The van der Waals surface area contributed by atoms with Gasteiger partial charge in [0.2, 0.25) is 0 Å². The summed E-state index contributed by atoms with van der Waals surface area (Å²) in [5, 5.41) is 0. The van der Waals surface area contributed by atoms with Crippen LogP contribution in [-0.2, 0) is 0 Å². The Kier molecular flexibility index (Phi) is 3.76. The molecule has 0 bridgehead atoms. The Labute approximate surface area is 89.0 Å². The molecule has 96 valence electrons. The molecule has 0 heterocycles. The van der Waals surface area contributed by atoms with Crippen LogP contribution >= 0.6 is 0 Å². The van der Waals surface area contributed by atoms with Crippen LogP contribution < -0.4 is 5.73 Å². The minimum Gasteiger partial charge on any atom is -0.327 e. The number of nitrogens with two attached hydrogens (primary N) is 1. The summed E-state index contributed by atoms with van der Waals surface area (Å²) in [7, 11) is 0. The zero-order valence-corrected chi connectivity index (χ0v) is 8.41. The van der Waals surface area contributed by atoms with Crippen LogP contribution in [0.5, 0.6) is 0 Å². The molecule has 0 saturated heterocycles. The highest BCUT2D eigenvalue weighted by Crippen LogP contribution is 2.43. The standard InChI is InChI=1S/C9H13F6N/c10-8(11,12)7(9(13,14)15)6(16)4-3-5-1-2-5/h5-7H,1-4,16H2. The molecule has 1 aliphatic carbocycles. The van der Waals surface area contributed by atoms with Gasteiger partial charge in [-0.15, -0.1) is 0 Å². The Morgan fingerprint density at radius 3 is 1.75 bits per heavy atom. The second-order valence-electron chi connectivity index (χ2n) is 4.25. The minimum atomic E-state index is -5.32. The quantitative estimate of drug-likeness (QED) is 0.760. The third kappa shape index (κ3) is 3.84. The number of hydrogen-bond acceptors (Lipinski definition) is 1. The molecule has 0 aliphatic heterocycles. The van der Waals surface area contributed by atoms with Gasteiger partial charge in [0, 0.05) is 6.04 Å². The Morgan fingerprint density at radius 2 is 1.44 bits per heavy atom. The van der Waals surface area contributed by atoms with Crippen molar-refractivity contribution in [1.29, 1.82) is 0 Å². The van der Waals surface area contributed by atoms with E-state index in [4.69, 9.17) is 5.73 Å². The Morgan fingerprint density at radius 1 is 1.00 bits per heavy atom. The number of alkyl halides is 6. The molecular weight excluding hydrogens is 236 g/mol. The predicted octanol–water partition coefficient (Wildman–Crippen LogP) is 3.24. The summed E-state index contributed by atoms with van der Waals surface area (Å²) in [5.41, 5.74) is 5.03. The molecule has 0 aromatic rings. The normalized spacial score (nSPS) is 20.2. The van der Waals surface area contributed by atoms with E-state index in [0.717, 1.165) is 12.8 Å². The van der Waals surface area contributed by atoms with Crippen molar-refractivity contribution in [2.75, 3.05) is 0 Å². The van der Waals surface area contributed by atoms with Crippen LogP contribution in [-0.4, -0.2) is 18.4 Å². The van der Waals surface area contributed by atoms with Gasteiger partial charge in [0.05, 0.1) is 0 Å². The second-order valence-corrected chi connectivity index (χ2v) is 4.25. The topological polar surface area (TPSA) is 26.0 Å². The molecule has 7 heteroatoms. The third-order valence-corrected chi connectivity index (χ3v) is 2.74. The maximum atomic E-state index is 12.2. The first-order chi connectivity index (χ1) is 7.12. The molecule has 1 rings (SSSR count). The lowest BCUT2D eigenvalue weighted by Crippen LogP contribution is -2.48. The molecule has 0 radical (unpaired) electrons. The van der Waals surface area contributed by atoms with Gasteiger partial charge in [-0.3, -0.25) is 0 Å². The molecule has 2 N–H and O–H groups in total. The molecule has 0 aromatic heterocycles. The van der Waals surface area contributed by atoms with Crippen molar-refractivity contribution < 1.29 is 26.3 Å². The van der Waals surface area contributed by atoms with Crippen molar-refractivity contribution in [2.45, 2.75) is 44.1 Å². The first-order valence-electron chi connectivity index (χ1n) is 5.01. The summed E-state index contributed by atoms with van der Waals surface area (Å²) in [4.78, 5) is 0. The van der Waals surface area contributed by atoms with Crippen molar-refractivity contribution in [3.8, 4) is 0 Å². The summed E-state index contributed by atoms with van der Waals surface area (Å²) in [6.07, 6.45) is -8.74. The van der Waals surface area contributed by atoms with Crippen molar-refractivity contribution in [2.24, 2.45) is 17.6 Å². The fourth-order valence-corrected chi connectivity index (χ4v) is 1.67. The average molecular weight is 249 g/mol. The van der Waals surface area contributed by atoms with E-state index in [1.807, 2.05) is 0 Å². The molecule has 0 spiro atoms. The van der Waals surface area contributed by atoms with E-state index in [1.165, 1.54) is 0 Å². The summed E-state index contributed by atoms with van der Waals surface area (Å²) in [6.45, 7) is 0. The Bertz CT molecular complexity index is 215. The van der Waals surface area contributed by atoms with Crippen LogP contribution in [0.4, 0.5) is 26.3 Å². The number of halogens is 6. The van der Waals surface area contributed by atoms with Gasteiger partial charge in [-0.1, -0.05) is 12.8 Å².